The number of nitrogens with one attached hydrogen (secondary N) is 2. The second-order valence-electron chi connectivity index (χ2n) is 7.82. The van der Waals surface area contributed by atoms with Crippen LogP contribution in [0.3, 0.4) is 0 Å². The summed E-state index contributed by atoms with van der Waals surface area (Å²) in [4.78, 5) is 4.49. The quantitative estimate of drug-likeness (QED) is 0.297. The molecule has 3 aromatic carbocycles. The Morgan fingerprint density at radius 3 is 2.21 bits per heavy atom. The zero-order valence-electron chi connectivity index (χ0n) is 17.8. The first kappa shape index (κ1) is 21.0. The van der Waals surface area contributed by atoms with Crippen molar-refractivity contribution >= 4 is 50.5 Å². The molecule has 0 aliphatic carbocycles. The van der Waals surface area contributed by atoms with Crippen LogP contribution >= 0.6 is 12.2 Å². The van der Waals surface area contributed by atoms with Gasteiger partial charge in [-0.15, -0.1) is 0 Å². The molecule has 0 aliphatic rings. The molecule has 2 N–H and O–H groups in total. The van der Waals surface area contributed by atoms with Crippen LogP contribution in [0.5, 0.6) is 0 Å². The van der Waals surface area contributed by atoms with Crippen molar-refractivity contribution in [2.75, 3.05) is 10.6 Å². The minimum absolute atomic E-state index is 0.250. The van der Waals surface area contributed by atoms with Crippen LogP contribution < -0.4 is 10.6 Å². The summed E-state index contributed by atoms with van der Waals surface area (Å²) in [6.07, 6.45) is 1.81. The monoisotopic (exact) mass is 458 g/mol. The maximum absolute atomic E-state index is 13.4. The van der Waals surface area contributed by atoms with Gasteiger partial charge in [0.1, 0.15) is 11.6 Å². The Balaban J connectivity index is 1.50. The second-order valence-corrected chi connectivity index (χ2v) is 8.23. The SMILES string of the molecule is Cc1nccc2c3cc(NC(=S)Nc4ccc(F)cc4)ccc3n(Cc3ccc(F)cc3)c12. The van der Waals surface area contributed by atoms with Crippen molar-refractivity contribution in [1.82, 2.24) is 9.55 Å². The van der Waals surface area contributed by atoms with E-state index in [0.717, 1.165) is 38.8 Å². The fourth-order valence-electron chi connectivity index (χ4n) is 4.07. The van der Waals surface area contributed by atoms with Gasteiger partial charge in [-0.25, -0.2) is 8.78 Å². The number of anilines is 2. The van der Waals surface area contributed by atoms with Crippen LogP contribution in [0.15, 0.2) is 79.0 Å². The number of hydrogen-bond donors (Lipinski definition) is 2. The summed E-state index contributed by atoms with van der Waals surface area (Å²) < 4.78 is 28.7. The first-order valence-corrected chi connectivity index (χ1v) is 10.8. The van der Waals surface area contributed by atoms with Gasteiger partial charge < -0.3 is 15.2 Å². The Morgan fingerprint density at radius 1 is 0.848 bits per heavy atom. The van der Waals surface area contributed by atoms with Gasteiger partial charge in [-0.2, -0.15) is 0 Å². The molecule has 7 heteroatoms. The van der Waals surface area contributed by atoms with Crippen molar-refractivity contribution in [3.63, 3.8) is 0 Å². The molecule has 0 unspecified atom stereocenters. The van der Waals surface area contributed by atoms with Gasteiger partial charge in [-0.3, -0.25) is 4.98 Å². The molecule has 0 radical (unpaired) electrons. The molecule has 0 amide bonds. The highest BCUT2D eigenvalue weighted by Gasteiger charge is 2.14. The number of benzene rings is 3. The standard InChI is InChI=1S/C26H20F2N4S/c1-16-25-22(12-13-29-16)23-14-21(31-26(33)30-20-8-6-19(28)7-9-20)10-11-24(23)32(25)15-17-2-4-18(27)5-3-17/h2-14H,15H2,1H3,(H2,30,31,33). The van der Waals surface area contributed by atoms with Gasteiger partial charge in [0.05, 0.1) is 11.2 Å². The van der Waals surface area contributed by atoms with Crippen LogP contribution in [0.2, 0.25) is 0 Å². The minimum atomic E-state index is -0.299. The fraction of sp³-hybridized carbons (Fsp3) is 0.0769. The molecule has 0 atom stereocenters. The molecule has 5 rings (SSSR count). The lowest BCUT2D eigenvalue weighted by Crippen LogP contribution is -2.18. The summed E-state index contributed by atoms with van der Waals surface area (Å²) in [6.45, 7) is 2.59. The zero-order valence-corrected chi connectivity index (χ0v) is 18.6. The van der Waals surface area contributed by atoms with E-state index >= 15 is 0 Å². The van der Waals surface area contributed by atoms with Gasteiger partial charge in [0.25, 0.3) is 0 Å². The van der Waals surface area contributed by atoms with E-state index in [-0.39, 0.29) is 11.6 Å². The summed E-state index contributed by atoms with van der Waals surface area (Å²) in [5.74, 6) is -0.550. The van der Waals surface area contributed by atoms with Gasteiger partial charge in [-0.05, 0) is 85.4 Å². The summed E-state index contributed by atoms with van der Waals surface area (Å²) in [5, 5.41) is 8.82. The van der Waals surface area contributed by atoms with Crippen molar-refractivity contribution in [1.29, 1.82) is 0 Å². The van der Waals surface area contributed by atoms with Crippen molar-refractivity contribution in [2.45, 2.75) is 13.5 Å². The Labute approximate surface area is 194 Å². The lowest BCUT2D eigenvalue weighted by Gasteiger charge is -2.12. The average molecular weight is 459 g/mol. The zero-order chi connectivity index (χ0) is 22.9. The third-order valence-corrected chi connectivity index (χ3v) is 5.77. The highest BCUT2D eigenvalue weighted by Crippen LogP contribution is 2.33. The molecule has 0 bridgehead atoms. The van der Waals surface area contributed by atoms with Gasteiger partial charge in [0.2, 0.25) is 0 Å². The highest BCUT2D eigenvalue weighted by molar-refractivity contribution is 7.80. The summed E-state index contributed by atoms with van der Waals surface area (Å²) >= 11 is 5.43. The Hall–Kier alpha value is -3.84. The van der Waals surface area contributed by atoms with Gasteiger partial charge >= 0.3 is 0 Å². The predicted molar refractivity (Wildman–Crippen MR) is 134 cm³/mol. The summed E-state index contributed by atoms with van der Waals surface area (Å²) in [5.41, 5.74) is 5.55. The number of thiocarbonyl (C=S) groups is 1. The molecule has 2 heterocycles. The van der Waals surface area contributed by atoms with Crippen LogP contribution in [0.25, 0.3) is 21.8 Å². The van der Waals surface area contributed by atoms with Crippen molar-refractivity contribution in [3.8, 4) is 0 Å². The predicted octanol–water partition coefficient (Wildman–Crippen LogP) is 6.63. The lowest BCUT2D eigenvalue weighted by molar-refractivity contribution is 0.626. The minimum Gasteiger partial charge on any atom is -0.334 e. The Bertz CT molecular complexity index is 1480. The topological polar surface area (TPSA) is 41.9 Å². The van der Waals surface area contributed by atoms with E-state index in [0.29, 0.717) is 17.3 Å². The molecular weight excluding hydrogens is 438 g/mol. The number of nitrogens with zero attached hydrogens (tertiary/aromatic N) is 2. The van der Waals surface area contributed by atoms with Crippen LogP contribution in [0.1, 0.15) is 11.3 Å². The first-order chi connectivity index (χ1) is 16.0. The van der Waals surface area contributed by atoms with Crippen LogP contribution in [0, 0.1) is 18.6 Å². The highest BCUT2D eigenvalue weighted by atomic mass is 32.1. The van der Waals surface area contributed by atoms with Gasteiger partial charge in [0.15, 0.2) is 5.11 Å². The third kappa shape index (κ3) is 4.27. The summed E-state index contributed by atoms with van der Waals surface area (Å²) in [7, 11) is 0. The molecule has 33 heavy (non-hydrogen) atoms. The maximum atomic E-state index is 13.4. The fourth-order valence-corrected chi connectivity index (χ4v) is 4.30. The smallest absolute Gasteiger partial charge is 0.175 e. The molecular formula is C26H20F2N4S. The summed E-state index contributed by atoms with van der Waals surface area (Å²) in [6, 6.07) is 20.6. The lowest BCUT2D eigenvalue weighted by atomic mass is 10.1. The van der Waals surface area contributed by atoms with Gasteiger partial charge in [0, 0.05) is 40.4 Å². The molecule has 164 valence electrons. The number of pyridine rings is 1. The number of rotatable bonds is 4. The Morgan fingerprint density at radius 2 is 1.48 bits per heavy atom. The van der Waals surface area contributed by atoms with E-state index in [1.807, 2.05) is 25.1 Å². The van der Waals surface area contributed by atoms with E-state index in [9.17, 15) is 8.78 Å². The number of hydrogen-bond acceptors (Lipinski definition) is 2. The molecule has 5 aromatic rings. The Kier molecular flexibility index (Phi) is 5.48. The van der Waals surface area contributed by atoms with Crippen molar-refractivity contribution in [2.24, 2.45) is 0 Å². The van der Waals surface area contributed by atoms with Crippen LogP contribution in [0.4, 0.5) is 20.2 Å². The second kappa shape index (κ2) is 8.60. The molecule has 0 fully saturated rings. The molecule has 0 aliphatic heterocycles. The number of fused-ring (bicyclic) bond motifs is 3. The van der Waals surface area contributed by atoms with E-state index in [1.54, 1.807) is 30.5 Å². The van der Waals surface area contributed by atoms with E-state index < -0.39 is 0 Å². The largest absolute Gasteiger partial charge is 0.334 e. The van der Waals surface area contributed by atoms with E-state index in [2.05, 4.69) is 26.3 Å². The molecule has 4 nitrogen and oxygen atoms in total. The van der Waals surface area contributed by atoms with Crippen LogP contribution in [-0.2, 0) is 6.54 Å². The van der Waals surface area contributed by atoms with E-state index in [4.69, 9.17) is 12.2 Å². The number of halogens is 2. The molecule has 0 spiro atoms. The number of aromatic nitrogens is 2. The van der Waals surface area contributed by atoms with Crippen LogP contribution in [-0.4, -0.2) is 14.7 Å². The third-order valence-electron chi connectivity index (χ3n) is 5.57. The average Bonchev–Trinajstić information content (AvgIpc) is 3.11. The molecule has 0 saturated heterocycles. The first-order valence-electron chi connectivity index (χ1n) is 10.4. The van der Waals surface area contributed by atoms with Gasteiger partial charge in [-0.1, -0.05) is 12.1 Å². The molecule has 2 aromatic heterocycles. The van der Waals surface area contributed by atoms with Crippen molar-refractivity contribution < 1.29 is 8.78 Å². The maximum Gasteiger partial charge on any atom is 0.175 e. The number of aryl methyl sites for hydroxylation is 1. The van der Waals surface area contributed by atoms with E-state index in [1.165, 1.54) is 24.3 Å². The van der Waals surface area contributed by atoms with Crippen molar-refractivity contribution in [3.05, 3.63) is 102 Å². The molecule has 0 saturated carbocycles. The normalized spacial score (nSPS) is 11.1.